The van der Waals surface area contributed by atoms with Gasteiger partial charge in [-0.25, -0.2) is 8.42 Å². The van der Waals surface area contributed by atoms with Crippen molar-refractivity contribution in [3.63, 3.8) is 0 Å². The minimum absolute atomic E-state index is 0.117. The van der Waals surface area contributed by atoms with E-state index in [1.54, 1.807) is 0 Å². The highest BCUT2D eigenvalue weighted by molar-refractivity contribution is 7.91. The fourth-order valence-electron chi connectivity index (χ4n) is 5.46. The van der Waals surface area contributed by atoms with E-state index in [1.165, 1.54) is 0 Å². The van der Waals surface area contributed by atoms with Crippen molar-refractivity contribution in [2.24, 2.45) is 0 Å². The molecule has 1 fully saturated rings. The van der Waals surface area contributed by atoms with Crippen molar-refractivity contribution in [1.82, 2.24) is 9.80 Å². The highest BCUT2D eigenvalue weighted by Crippen LogP contribution is 2.29. The third-order valence-electron chi connectivity index (χ3n) is 7.24. The Hall–Kier alpha value is -2.67. The summed E-state index contributed by atoms with van der Waals surface area (Å²) in [6, 6.07) is 35.7. The maximum absolute atomic E-state index is 13.3. The first-order valence-electron chi connectivity index (χ1n) is 13.1. The smallest absolute Gasteiger partial charge is 0.153 e. The van der Waals surface area contributed by atoms with Gasteiger partial charge in [0.25, 0.3) is 0 Å². The summed E-state index contributed by atoms with van der Waals surface area (Å²) in [5.41, 5.74) is 4.41. The molecule has 2 atom stereocenters. The molecule has 1 heterocycles. The van der Waals surface area contributed by atoms with Crippen LogP contribution in [0, 0.1) is 0 Å². The summed E-state index contributed by atoms with van der Waals surface area (Å²) in [6.07, 6.45) is 0. The molecule has 0 radical (unpaired) electrons. The molecule has 202 valence electrons. The number of nitrogens with zero attached hydrogens (tertiary/aromatic N) is 2. The molecule has 0 saturated carbocycles. The van der Waals surface area contributed by atoms with E-state index in [9.17, 15) is 8.42 Å². The quantitative estimate of drug-likeness (QED) is 0.206. The maximum atomic E-state index is 13.3. The molecule has 0 N–H and O–H groups in total. The van der Waals surface area contributed by atoms with Gasteiger partial charge in [0.1, 0.15) is 0 Å². The molecular weight excluding hydrogens is 547 g/mol. The van der Waals surface area contributed by atoms with Crippen LogP contribution >= 0.6 is 23.2 Å². The molecule has 5 rings (SSSR count). The molecular formula is C32H32Cl2N2O2S. The Labute approximate surface area is 241 Å². The van der Waals surface area contributed by atoms with Crippen molar-refractivity contribution in [2.45, 2.75) is 38.3 Å². The van der Waals surface area contributed by atoms with E-state index in [4.69, 9.17) is 23.2 Å². The molecule has 1 saturated heterocycles. The van der Waals surface area contributed by atoms with Crippen molar-refractivity contribution in [3.05, 3.63) is 141 Å². The lowest BCUT2D eigenvalue weighted by atomic mass is 10.0. The van der Waals surface area contributed by atoms with Gasteiger partial charge in [-0.15, -0.1) is 0 Å². The Balaban J connectivity index is 1.52. The molecule has 1 aliphatic heterocycles. The summed E-state index contributed by atoms with van der Waals surface area (Å²) < 4.78 is 26.6. The van der Waals surface area contributed by atoms with Gasteiger partial charge in [0, 0.05) is 48.3 Å². The highest BCUT2D eigenvalue weighted by Gasteiger charge is 2.44. The summed E-state index contributed by atoms with van der Waals surface area (Å²) >= 11 is 12.7. The fourth-order valence-corrected chi connectivity index (χ4v) is 7.93. The van der Waals surface area contributed by atoms with E-state index in [1.807, 2.05) is 72.8 Å². The Kier molecular flexibility index (Phi) is 9.06. The lowest BCUT2D eigenvalue weighted by molar-refractivity contribution is 0.0863. The number of hydrogen-bond donors (Lipinski definition) is 0. The van der Waals surface area contributed by atoms with Crippen LogP contribution in [0.3, 0.4) is 0 Å². The molecule has 4 aromatic carbocycles. The number of benzene rings is 4. The first kappa shape index (κ1) is 27.9. The normalized spacial score (nSPS) is 18.6. The zero-order valence-corrected chi connectivity index (χ0v) is 24.0. The topological polar surface area (TPSA) is 40.6 Å². The summed E-state index contributed by atoms with van der Waals surface area (Å²) in [6.45, 7) is 2.48. The van der Waals surface area contributed by atoms with Crippen LogP contribution in [0.1, 0.15) is 22.3 Å². The molecule has 0 unspecified atom stereocenters. The van der Waals surface area contributed by atoms with E-state index in [2.05, 4.69) is 46.2 Å². The highest BCUT2D eigenvalue weighted by atomic mass is 35.5. The lowest BCUT2D eigenvalue weighted by Crippen LogP contribution is -2.50. The van der Waals surface area contributed by atoms with Crippen molar-refractivity contribution >= 4 is 33.0 Å². The maximum Gasteiger partial charge on any atom is 0.153 e. The average Bonchev–Trinajstić information content (AvgIpc) is 3.24. The fraction of sp³-hybridized carbons (Fsp3) is 0.250. The second kappa shape index (κ2) is 12.7. The number of hydrogen-bond acceptors (Lipinski definition) is 4. The molecule has 39 heavy (non-hydrogen) atoms. The van der Waals surface area contributed by atoms with Crippen LogP contribution in [-0.2, 0) is 36.0 Å². The Morgan fingerprint density at radius 1 is 0.538 bits per heavy atom. The van der Waals surface area contributed by atoms with E-state index in [0.717, 1.165) is 22.3 Å². The number of sulfone groups is 1. The molecule has 0 aliphatic carbocycles. The minimum atomic E-state index is -3.26. The van der Waals surface area contributed by atoms with Crippen LogP contribution in [0.15, 0.2) is 109 Å². The standard InChI is InChI=1S/C32H32Cl2N2O2S/c33-29-15-7-13-27(17-29)21-35(19-25-9-3-1-4-10-25)31-23-39(37,38)24-32(31)36(20-26-11-5-2-6-12-26)22-28-14-8-16-30(34)18-28/h1-18,31-32H,19-24H2/t31-,32-/m0/s1. The Morgan fingerprint density at radius 3 is 1.28 bits per heavy atom. The van der Waals surface area contributed by atoms with E-state index < -0.39 is 9.84 Å². The third-order valence-corrected chi connectivity index (χ3v) is 9.41. The second-order valence-corrected chi connectivity index (χ2v) is 13.3. The predicted octanol–water partition coefficient (Wildman–Crippen LogP) is 6.86. The largest absolute Gasteiger partial charge is 0.289 e. The van der Waals surface area contributed by atoms with Gasteiger partial charge in [-0.05, 0) is 46.5 Å². The zero-order chi connectivity index (χ0) is 27.2. The molecule has 0 amide bonds. The van der Waals surface area contributed by atoms with Crippen molar-refractivity contribution < 1.29 is 8.42 Å². The van der Waals surface area contributed by atoms with Gasteiger partial charge in [-0.2, -0.15) is 0 Å². The molecule has 4 nitrogen and oxygen atoms in total. The molecule has 7 heteroatoms. The number of halogens is 2. The van der Waals surface area contributed by atoms with Crippen LogP contribution < -0.4 is 0 Å². The van der Waals surface area contributed by atoms with Crippen LogP contribution in [0.5, 0.6) is 0 Å². The van der Waals surface area contributed by atoms with Gasteiger partial charge in [-0.1, -0.05) is 108 Å². The summed E-state index contributed by atoms with van der Waals surface area (Å²) in [7, 11) is -3.26. The lowest BCUT2D eigenvalue weighted by Gasteiger charge is -2.38. The van der Waals surface area contributed by atoms with Crippen molar-refractivity contribution in [3.8, 4) is 0 Å². The predicted molar refractivity (Wildman–Crippen MR) is 161 cm³/mol. The van der Waals surface area contributed by atoms with Gasteiger partial charge >= 0.3 is 0 Å². The molecule has 0 bridgehead atoms. The van der Waals surface area contributed by atoms with Crippen LogP contribution in [0.25, 0.3) is 0 Å². The molecule has 1 aliphatic rings. The van der Waals surface area contributed by atoms with Crippen molar-refractivity contribution in [2.75, 3.05) is 11.5 Å². The average molecular weight is 580 g/mol. The van der Waals surface area contributed by atoms with Gasteiger partial charge in [-0.3, -0.25) is 9.80 Å². The second-order valence-electron chi connectivity index (χ2n) is 10.3. The Bertz CT molecular complexity index is 1380. The first-order valence-corrected chi connectivity index (χ1v) is 15.7. The van der Waals surface area contributed by atoms with Gasteiger partial charge in [0.05, 0.1) is 11.5 Å². The molecule has 4 aromatic rings. The van der Waals surface area contributed by atoms with E-state index in [-0.39, 0.29) is 23.6 Å². The van der Waals surface area contributed by atoms with Crippen LogP contribution in [0.2, 0.25) is 10.0 Å². The summed E-state index contributed by atoms with van der Waals surface area (Å²) in [5, 5.41) is 1.35. The Morgan fingerprint density at radius 2 is 0.897 bits per heavy atom. The number of rotatable bonds is 10. The summed E-state index contributed by atoms with van der Waals surface area (Å²) in [5.74, 6) is 0.234. The summed E-state index contributed by atoms with van der Waals surface area (Å²) in [4.78, 5) is 4.62. The van der Waals surface area contributed by atoms with Gasteiger partial charge in [0.15, 0.2) is 9.84 Å². The van der Waals surface area contributed by atoms with E-state index >= 15 is 0 Å². The van der Waals surface area contributed by atoms with Crippen LogP contribution in [0.4, 0.5) is 0 Å². The first-order chi connectivity index (χ1) is 18.8. The molecule has 0 aromatic heterocycles. The SMILES string of the molecule is O=S1(=O)C[C@H](N(Cc2ccccc2)Cc2cccc(Cl)c2)[C@@H](N(Cc2ccccc2)Cc2cccc(Cl)c2)C1. The van der Waals surface area contributed by atoms with Gasteiger partial charge in [0.2, 0.25) is 0 Å². The van der Waals surface area contributed by atoms with E-state index in [0.29, 0.717) is 36.2 Å². The van der Waals surface area contributed by atoms with Gasteiger partial charge < -0.3 is 0 Å². The molecule has 0 spiro atoms. The van der Waals surface area contributed by atoms with Crippen molar-refractivity contribution in [1.29, 1.82) is 0 Å². The van der Waals surface area contributed by atoms with Crippen LogP contribution in [-0.4, -0.2) is 41.8 Å². The zero-order valence-electron chi connectivity index (χ0n) is 21.7. The minimum Gasteiger partial charge on any atom is -0.289 e. The monoisotopic (exact) mass is 578 g/mol. The third kappa shape index (κ3) is 7.71.